The Balaban J connectivity index is 1.40. The van der Waals surface area contributed by atoms with Gasteiger partial charge in [0, 0.05) is 44.1 Å². The van der Waals surface area contributed by atoms with Gasteiger partial charge in [-0.15, -0.1) is 0 Å². The van der Waals surface area contributed by atoms with Crippen molar-refractivity contribution in [2.24, 2.45) is 0 Å². The third kappa shape index (κ3) is 5.99. The summed E-state index contributed by atoms with van der Waals surface area (Å²) in [6.07, 6.45) is 6.32. The van der Waals surface area contributed by atoms with Crippen LogP contribution < -0.4 is 20.3 Å². The largest absolute Gasteiger partial charge is 0.497 e. The summed E-state index contributed by atoms with van der Waals surface area (Å²) >= 11 is 0. The number of methoxy groups -OCH3 is 1. The Labute approximate surface area is 217 Å². The molecule has 0 unspecified atom stereocenters. The average molecular weight is 525 g/mol. The highest BCUT2D eigenvalue weighted by molar-refractivity contribution is 7.91. The molecule has 0 atom stereocenters. The molecule has 37 heavy (non-hydrogen) atoms. The third-order valence-corrected chi connectivity index (χ3v) is 8.13. The summed E-state index contributed by atoms with van der Waals surface area (Å²) in [7, 11) is 1.41. The number of anilines is 2. The summed E-state index contributed by atoms with van der Waals surface area (Å²) in [6, 6.07) is 9.18. The van der Waals surface area contributed by atoms with Gasteiger partial charge in [-0.1, -0.05) is 0 Å². The number of amides is 1. The van der Waals surface area contributed by atoms with Gasteiger partial charge in [0.25, 0.3) is 5.91 Å². The lowest BCUT2D eigenvalue weighted by atomic mass is 9.91. The van der Waals surface area contributed by atoms with Gasteiger partial charge in [-0.05, 0) is 69.0 Å². The van der Waals surface area contributed by atoms with Gasteiger partial charge in [-0.3, -0.25) is 4.79 Å². The van der Waals surface area contributed by atoms with Gasteiger partial charge < -0.3 is 20.3 Å². The lowest BCUT2D eigenvalue weighted by molar-refractivity contribution is 0.0922. The van der Waals surface area contributed by atoms with Crippen LogP contribution >= 0.6 is 0 Å². The van der Waals surface area contributed by atoms with E-state index in [9.17, 15) is 13.2 Å². The molecule has 3 aromatic rings. The van der Waals surface area contributed by atoms with Gasteiger partial charge in [0.15, 0.2) is 5.03 Å². The summed E-state index contributed by atoms with van der Waals surface area (Å²) in [5.74, 6) is 1.55. The Morgan fingerprint density at radius 3 is 2.35 bits per heavy atom. The Kier molecular flexibility index (Phi) is 7.91. The molecule has 10 nitrogen and oxygen atoms in total. The van der Waals surface area contributed by atoms with E-state index in [2.05, 4.69) is 25.6 Å². The topological polar surface area (TPSA) is 126 Å². The normalized spacial score (nSPS) is 17.6. The maximum Gasteiger partial charge on any atom is 0.254 e. The molecule has 1 aliphatic carbocycles. The molecule has 2 aromatic heterocycles. The van der Waals surface area contributed by atoms with Crippen molar-refractivity contribution in [3.05, 3.63) is 59.9 Å². The van der Waals surface area contributed by atoms with Gasteiger partial charge in [0.1, 0.15) is 11.6 Å². The highest BCUT2D eigenvalue weighted by Gasteiger charge is 2.29. The summed E-state index contributed by atoms with van der Waals surface area (Å²) in [5, 5.41) is 6.15. The van der Waals surface area contributed by atoms with E-state index >= 15 is 0 Å². The number of hydrogen-bond acceptors (Lipinski definition) is 9. The smallest absolute Gasteiger partial charge is 0.254 e. The number of nitrogens with one attached hydrogen (secondary N) is 2. The predicted octanol–water partition coefficient (Wildman–Crippen LogP) is 3.24. The number of nitrogens with zero attached hydrogens (tertiary/aromatic N) is 4. The maximum atomic E-state index is 13.2. The minimum Gasteiger partial charge on any atom is -0.497 e. The lowest BCUT2D eigenvalue weighted by Gasteiger charge is -2.30. The zero-order chi connectivity index (χ0) is 26.6. The van der Waals surface area contributed by atoms with E-state index in [-0.39, 0.29) is 27.6 Å². The molecule has 0 radical (unpaired) electrons. The van der Waals surface area contributed by atoms with Crippen LogP contribution in [0.5, 0.6) is 5.75 Å². The van der Waals surface area contributed by atoms with E-state index in [0.717, 1.165) is 37.1 Å². The van der Waals surface area contributed by atoms with E-state index in [1.54, 1.807) is 18.2 Å². The number of sulfone groups is 1. The zero-order valence-corrected chi connectivity index (χ0v) is 22.2. The molecule has 0 aliphatic heterocycles. The number of hydrogen-bond donors (Lipinski definition) is 2. The summed E-state index contributed by atoms with van der Waals surface area (Å²) < 4.78 is 31.6. The van der Waals surface area contributed by atoms with Crippen molar-refractivity contribution >= 4 is 27.5 Å². The maximum absolute atomic E-state index is 13.2. The molecule has 1 saturated carbocycles. The van der Waals surface area contributed by atoms with Crippen LogP contribution in [0.1, 0.15) is 41.6 Å². The van der Waals surface area contributed by atoms with Crippen LogP contribution in [-0.2, 0) is 9.84 Å². The summed E-state index contributed by atoms with van der Waals surface area (Å²) in [4.78, 5) is 28.2. The van der Waals surface area contributed by atoms with Crippen molar-refractivity contribution in [3.63, 3.8) is 0 Å². The van der Waals surface area contributed by atoms with Crippen LogP contribution in [0, 0.1) is 6.92 Å². The van der Waals surface area contributed by atoms with Crippen LogP contribution in [0.4, 0.5) is 11.8 Å². The van der Waals surface area contributed by atoms with Gasteiger partial charge in [0.05, 0.1) is 17.6 Å². The molecular formula is C26H32N6O4S. The first kappa shape index (κ1) is 26.3. The number of aryl methyl sites for hydroxylation is 1. The van der Waals surface area contributed by atoms with Crippen LogP contribution in [0.2, 0.25) is 0 Å². The van der Waals surface area contributed by atoms with Crippen LogP contribution in [-0.4, -0.2) is 62.6 Å². The number of carbonyl (C=O) groups is 1. The highest BCUT2D eigenvalue weighted by Crippen LogP contribution is 2.26. The molecule has 0 bridgehead atoms. The second-order valence-electron chi connectivity index (χ2n) is 9.30. The second kappa shape index (κ2) is 11.1. The van der Waals surface area contributed by atoms with Gasteiger partial charge in [-0.2, -0.15) is 4.98 Å². The van der Waals surface area contributed by atoms with E-state index in [1.165, 1.54) is 31.5 Å². The van der Waals surface area contributed by atoms with Crippen LogP contribution in [0.3, 0.4) is 0 Å². The molecule has 4 rings (SSSR count). The fourth-order valence-electron chi connectivity index (χ4n) is 4.43. The molecule has 2 heterocycles. The third-order valence-electron chi connectivity index (χ3n) is 6.40. The highest BCUT2D eigenvalue weighted by atomic mass is 32.2. The average Bonchev–Trinajstić information content (AvgIpc) is 2.90. The van der Waals surface area contributed by atoms with Crippen molar-refractivity contribution < 1.29 is 17.9 Å². The quantitative estimate of drug-likeness (QED) is 0.457. The van der Waals surface area contributed by atoms with Gasteiger partial charge >= 0.3 is 0 Å². The number of ether oxygens (including phenoxy) is 1. The number of pyridine rings is 1. The number of carbonyl (C=O) groups excluding carboxylic acids is 1. The van der Waals surface area contributed by atoms with Crippen LogP contribution in [0.15, 0.2) is 58.7 Å². The van der Waals surface area contributed by atoms with Crippen molar-refractivity contribution in [1.82, 2.24) is 20.3 Å². The Morgan fingerprint density at radius 2 is 1.70 bits per heavy atom. The van der Waals surface area contributed by atoms with Gasteiger partial charge in [0.2, 0.25) is 15.8 Å². The molecule has 1 aliphatic rings. The lowest BCUT2D eigenvalue weighted by Crippen LogP contribution is -2.40. The standard InChI is InChI=1S/C26H32N6O4S/c1-17-16-28-26(31-23(17)32(2)3)30-19-9-7-18(8-10-19)29-24(33)22-6-5-15-27-25(22)37(34,35)21-13-11-20(36-4)12-14-21/h5-6,11-16,18-19H,7-10H2,1-4H3,(H,29,33)(H,28,30,31). The van der Waals surface area contributed by atoms with E-state index in [1.807, 2.05) is 32.1 Å². The molecule has 1 amide bonds. The second-order valence-corrected chi connectivity index (χ2v) is 11.2. The summed E-state index contributed by atoms with van der Waals surface area (Å²) in [6.45, 7) is 1.98. The molecule has 11 heteroatoms. The van der Waals surface area contributed by atoms with E-state index in [4.69, 9.17) is 4.74 Å². The number of aromatic nitrogens is 3. The fourth-order valence-corrected chi connectivity index (χ4v) is 5.79. The van der Waals surface area contributed by atoms with Crippen molar-refractivity contribution in [2.45, 2.75) is 54.6 Å². The predicted molar refractivity (Wildman–Crippen MR) is 141 cm³/mol. The Hall–Kier alpha value is -3.73. The molecule has 0 saturated heterocycles. The molecule has 2 N–H and O–H groups in total. The molecule has 1 aromatic carbocycles. The zero-order valence-electron chi connectivity index (χ0n) is 21.4. The molecule has 0 spiro atoms. The van der Waals surface area contributed by atoms with Crippen molar-refractivity contribution in [1.29, 1.82) is 0 Å². The first-order valence-electron chi connectivity index (χ1n) is 12.1. The van der Waals surface area contributed by atoms with Crippen molar-refractivity contribution in [2.75, 3.05) is 31.4 Å². The molecular weight excluding hydrogens is 492 g/mol. The summed E-state index contributed by atoms with van der Waals surface area (Å²) in [5.41, 5.74) is 1.04. The van der Waals surface area contributed by atoms with Crippen molar-refractivity contribution in [3.8, 4) is 5.75 Å². The van der Waals surface area contributed by atoms with E-state index < -0.39 is 15.7 Å². The first-order chi connectivity index (χ1) is 17.7. The minimum absolute atomic E-state index is 0.0304. The van der Waals surface area contributed by atoms with Gasteiger partial charge in [-0.25, -0.2) is 18.4 Å². The van der Waals surface area contributed by atoms with E-state index in [0.29, 0.717) is 11.7 Å². The Morgan fingerprint density at radius 1 is 1.03 bits per heavy atom. The Bertz CT molecular complexity index is 1350. The fraction of sp³-hybridized carbons (Fsp3) is 0.385. The molecule has 196 valence electrons. The van der Waals surface area contributed by atoms with Crippen LogP contribution in [0.25, 0.3) is 0 Å². The SMILES string of the molecule is COc1ccc(S(=O)(=O)c2ncccc2C(=O)NC2CCC(Nc3ncc(C)c(N(C)C)n3)CC2)cc1. The number of benzene rings is 1. The monoisotopic (exact) mass is 524 g/mol. The minimum atomic E-state index is -3.99. The molecule has 1 fully saturated rings. The number of rotatable bonds is 8. The first-order valence-corrected chi connectivity index (χ1v) is 13.6.